The molecule has 0 aliphatic heterocycles. The van der Waals surface area contributed by atoms with Gasteiger partial charge in [-0.05, 0) is 50.1 Å². The highest BCUT2D eigenvalue weighted by molar-refractivity contribution is 9.11. The molecule has 0 bridgehead atoms. The SMILES string of the molecule is Brc1ccc2c(Br)ccnc2n1. The predicted octanol–water partition coefficient (Wildman–Crippen LogP) is 3.15. The first-order valence-electron chi connectivity index (χ1n) is 3.34. The first-order valence-corrected chi connectivity index (χ1v) is 4.93. The highest BCUT2D eigenvalue weighted by Gasteiger charge is 1.99. The summed E-state index contributed by atoms with van der Waals surface area (Å²) >= 11 is 6.72. The molecule has 60 valence electrons. The van der Waals surface area contributed by atoms with Crippen molar-refractivity contribution < 1.29 is 0 Å². The minimum absolute atomic E-state index is 0.749. The van der Waals surface area contributed by atoms with E-state index in [-0.39, 0.29) is 0 Å². The topological polar surface area (TPSA) is 25.8 Å². The molecule has 2 nitrogen and oxygen atoms in total. The number of fused-ring (bicyclic) bond motifs is 1. The molecule has 0 atom stereocenters. The van der Waals surface area contributed by atoms with Crippen LogP contribution in [-0.4, -0.2) is 9.97 Å². The van der Waals surface area contributed by atoms with Crippen molar-refractivity contribution in [2.24, 2.45) is 0 Å². The van der Waals surface area contributed by atoms with Crippen LogP contribution >= 0.6 is 31.9 Å². The lowest BCUT2D eigenvalue weighted by atomic mass is 10.3. The molecule has 0 saturated carbocycles. The Morgan fingerprint density at radius 2 is 1.92 bits per heavy atom. The van der Waals surface area contributed by atoms with Gasteiger partial charge in [0.15, 0.2) is 5.65 Å². The van der Waals surface area contributed by atoms with Gasteiger partial charge in [0, 0.05) is 16.1 Å². The van der Waals surface area contributed by atoms with Crippen LogP contribution in [0.25, 0.3) is 11.0 Å². The average molecular weight is 288 g/mol. The lowest BCUT2D eigenvalue weighted by Crippen LogP contribution is -1.83. The lowest BCUT2D eigenvalue weighted by molar-refractivity contribution is 1.25. The molecule has 2 aromatic rings. The van der Waals surface area contributed by atoms with E-state index in [1.807, 2.05) is 18.2 Å². The summed E-state index contributed by atoms with van der Waals surface area (Å²) in [5.41, 5.74) is 0.749. The third kappa shape index (κ3) is 1.36. The summed E-state index contributed by atoms with van der Waals surface area (Å²) in [6, 6.07) is 5.77. The van der Waals surface area contributed by atoms with Crippen LogP contribution in [0.3, 0.4) is 0 Å². The van der Waals surface area contributed by atoms with Crippen molar-refractivity contribution in [3.63, 3.8) is 0 Å². The van der Waals surface area contributed by atoms with E-state index in [1.54, 1.807) is 6.20 Å². The molecule has 0 amide bonds. The molecule has 0 fully saturated rings. The van der Waals surface area contributed by atoms with E-state index in [2.05, 4.69) is 41.8 Å². The Labute approximate surface area is 86.3 Å². The number of hydrogen-bond donors (Lipinski definition) is 0. The van der Waals surface area contributed by atoms with Crippen LogP contribution in [0.15, 0.2) is 33.5 Å². The van der Waals surface area contributed by atoms with Gasteiger partial charge < -0.3 is 0 Å². The van der Waals surface area contributed by atoms with Crippen molar-refractivity contribution in [1.82, 2.24) is 9.97 Å². The van der Waals surface area contributed by atoms with Gasteiger partial charge in [-0.3, -0.25) is 0 Å². The molecule has 2 aromatic heterocycles. The molecule has 2 heterocycles. The van der Waals surface area contributed by atoms with Crippen molar-refractivity contribution in [2.45, 2.75) is 0 Å². The van der Waals surface area contributed by atoms with E-state index in [0.29, 0.717) is 0 Å². The maximum atomic E-state index is 4.21. The van der Waals surface area contributed by atoms with Crippen LogP contribution < -0.4 is 0 Å². The summed E-state index contributed by atoms with van der Waals surface area (Å²) in [5.74, 6) is 0. The zero-order chi connectivity index (χ0) is 8.55. The molecule has 0 aliphatic carbocycles. The smallest absolute Gasteiger partial charge is 0.161 e. The summed E-state index contributed by atoms with van der Waals surface area (Å²) in [7, 11) is 0. The molecule has 0 N–H and O–H groups in total. The van der Waals surface area contributed by atoms with Crippen LogP contribution in [0, 0.1) is 0 Å². The highest BCUT2D eigenvalue weighted by Crippen LogP contribution is 2.21. The van der Waals surface area contributed by atoms with Crippen molar-refractivity contribution >= 4 is 42.9 Å². The van der Waals surface area contributed by atoms with Gasteiger partial charge in [-0.25, -0.2) is 9.97 Å². The van der Waals surface area contributed by atoms with Crippen LogP contribution in [0.4, 0.5) is 0 Å². The van der Waals surface area contributed by atoms with Crippen molar-refractivity contribution in [3.05, 3.63) is 33.5 Å². The Morgan fingerprint density at radius 3 is 2.75 bits per heavy atom. The molecule has 2 rings (SSSR count). The number of halogens is 2. The minimum atomic E-state index is 0.749. The van der Waals surface area contributed by atoms with Crippen LogP contribution in [0.5, 0.6) is 0 Å². The minimum Gasteiger partial charge on any atom is -0.237 e. The zero-order valence-electron chi connectivity index (χ0n) is 5.96. The third-order valence-electron chi connectivity index (χ3n) is 1.52. The summed E-state index contributed by atoms with van der Waals surface area (Å²) in [6.07, 6.45) is 1.73. The van der Waals surface area contributed by atoms with E-state index >= 15 is 0 Å². The Bertz CT molecular complexity index is 428. The second kappa shape index (κ2) is 3.11. The number of pyridine rings is 2. The second-order valence-corrected chi connectivity index (χ2v) is 3.96. The Kier molecular flexibility index (Phi) is 2.11. The van der Waals surface area contributed by atoms with Crippen molar-refractivity contribution in [3.8, 4) is 0 Å². The van der Waals surface area contributed by atoms with Crippen LogP contribution in [-0.2, 0) is 0 Å². The van der Waals surface area contributed by atoms with E-state index in [0.717, 1.165) is 20.1 Å². The monoisotopic (exact) mass is 286 g/mol. The molecule has 0 aromatic carbocycles. The fourth-order valence-electron chi connectivity index (χ4n) is 0.973. The Hall–Kier alpha value is -0.480. The van der Waals surface area contributed by atoms with Gasteiger partial charge >= 0.3 is 0 Å². The molecule has 0 unspecified atom stereocenters. The fraction of sp³-hybridized carbons (Fsp3) is 0. The molecular formula is C8H4Br2N2. The summed E-state index contributed by atoms with van der Waals surface area (Å²) in [5, 5.41) is 1.03. The molecule has 0 aliphatic rings. The van der Waals surface area contributed by atoms with Crippen LogP contribution in [0.1, 0.15) is 0 Å². The normalized spacial score (nSPS) is 10.5. The van der Waals surface area contributed by atoms with Crippen LogP contribution in [0.2, 0.25) is 0 Å². The van der Waals surface area contributed by atoms with Gasteiger partial charge in [-0.15, -0.1) is 0 Å². The van der Waals surface area contributed by atoms with Crippen molar-refractivity contribution in [2.75, 3.05) is 0 Å². The maximum Gasteiger partial charge on any atom is 0.161 e. The van der Waals surface area contributed by atoms with Gasteiger partial charge in [0.05, 0.1) is 0 Å². The van der Waals surface area contributed by atoms with Gasteiger partial charge in [0.1, 0.15) is 4.60 Å². The summed E-state index contributed by atoms with van der Waals surface area (Å²) in [6.45, 7) is 0. The summed E-state index contributed by atoms with van der Waals surface area (Å²) < 4.78 is 1.83. The van der Waals surface area contributed by atoms with Gasteiger partial charge in [-0.2, -0.15) is 0 Å². The fourth-order valence-corrected chi connectivity index (χ4v) is 1.70. The molecule has 12 heavy (non-hydrogen) atoms. The number of nitrogens with zero attached hydrogens (tertiary/aromatic N) is 2. The zero-order valence-corrected chi connectivity index (χ0v) is 9.13. The van der Waals surface area contributed by atoms with E-state index < -0.39 is 0 Å². The molecular weight excluding hydrogens is 284 g/mol. The maximum absolute atomic E-state index is 4.21. The van der Waals surface area contributed by atoms with Crippen molar-refractivity contribution in [1.29, 1.82) is 0 Å². The van der Waals surface area contributed by atoms with E-state index in [9.17, 15) is 0 Å². The van der Waals surface area contributed by atoms with E-state index in [1.165, 1.54) is 0 Å². The lowest BCUT2D eigenvalue weighted by Gasteiger charge is -1.97. The largest absolute Gasteiger partial charge is 0.237 e. The third-order valence-corrected chi connectivity index (χ3v) is 2.65. The predicted molar refractivity (Wildman–Crippen MR) is 54.9 cm³/mol. The number of rotatable bonds is 0. The second-order valence-electron chi connectivity index (χ2n) is 2.30. The molecule has 4 heteroatoms. The van der Waals surface area contributed by atoms with E-state index in [4.69, 9.17) is 0 Å². The first kappa shape index (κ1) is 8.13. The Balaban J connectivity index is 2.86. The average Bonchev–Trinajstić information content (AvgIpc) is 2.04. The van der Waals surface area contributed by atoms with Gasteiger partial charge in [-0.1, -0.05) is 0 Å². The Morgan fingerprint density at radius 1 is 1.08 bits per heavy atom. The van der Waals surface area contributed by atoms with Gasteiger partial charge in [0.2, 0.25) is 0 Å². The van der Waals surface area contributed by atoms with Gasteiger partial charge in [0.25, 0.3) is 0 Å². The molecule has 0 saturated heterocycles. The first-order chi connectivity index (χ1) is 5.77. The molecule has 0 radical (unpaired) electrons. The molecule has 0 spiro atoms. The number of aromatic nitrogens is 2. The highest BCUT2D eigenvalue weighted by atomic mass is 79.9. The standard InChI is InChI=1S/C8H4Br2N2/c9-6-3-4-11-8-5(6)1-2-7(10)12-8/h1-4H. The quantitative estimate of drug-likeness (QED) is 0.696. The number of hydrogen-bond acceptors (Lipinski definition) is 2. The summed E-state index contributed by atoms with van der Waals surface area (Å²) in [4.78, 5) is 8.34.